The molecule has 0 saturated heterocycles. The summed E-state index contributed by atoms with van der Waals surface area (Å²) in [5.74, 6) is -1.18. The minimum atomic E-state index is -0.838. The second-order valence-electron chi connectivity index (χ2n) is 5.70. The van der Waals surface area contributed by atoms with E-state index in [9.17, 15) is 8.78 Å². The van der Waals surface area contributed by atoms with Crippen LogP contribution in [0.3, 0.4) is 0 Å². The molecule has 0 amide bonds. The highest BCUT2D eigenvalue weighted by Crippen LogP contribution is 2.36. The van der Waals surface area contributed by atoms with E-state index < -0.39 is 11.6 Å². The van der Waals surface area contributed by atoms with E-state index >= 15 is 0 Å². The van der Waals surface area contributed by atoms with Gasteiger partial charge in [-0.05, 0) is 48.2 Å². The van der Waals surface area contributed by atoms with Crippen molar-refractivity contribution in [1.29, 1.82) is 0 Å². The van der Waals surface area contributed by atoms with E-state index in [-0.39, 0.29) is 0 Å². The number of thiazole rings is 1. The fourth-order valence-corrected chi connectivity index (χ4v) is 5.03. The topological polar surface area (TPSA) is 38.7 Å². The Bertz CT molecular complexity index is 1060. The molecule has 1 aromatic carbocycles. The van der Waals surface area contributed by atoms with Crippen LogP contribution in [0.15, 0.2) is 52.9 Å². The van der Waals surface area contributed by atoms with Crippen LogP contribution in [0.5, 0.6) is 0 Å². The largest absolute Gasteiger partial charge is 0.240 e. The van der Waals surface area contributed by atoms with Crippen molar-refractivity contribution in [2.75, 3.05) is 0 Å². The summed E-state index contributed by atoms with van der Waals surface area (Å²) in [4.78, 5) is 6.78. The Labute approximate surface area is 167 Å². The predicted octanol–water partition coefficient (Wildman–Crippen LogP) is 6.21. The third-order valence-corrected chi connectivity index (χ3v) is 6.98. The van der Waals surface area contributed by atoms with Gasteiger partial charge in [0.05, 0.1) is 15.4 Å². The van der Waals surface area contributed by atoms with Crippen molar-refractivity contribution in [1.82, 2.24) is 15.2 Å². The number of nitrogens with zero attached hydrogens (tertiary/aromatic N) is 3. The number of halogens is 2. The number of aromatic nitrogens is 3. The van der Waals surface area contributed by atoms with E-state index in [1.165, 1.54) is 17.8 Å². The van der Waals surface area contributed by atoms with Crippen LogP contribution in [-0.4, -0.2) is 15.2 Å². The average molecular weight is 418 g/mol. The molecular formula is C19H13F2N3S3. The molecule has 4 aromatic rings. The zero-order chi connectivity index (χ0) is 18.8. The van der Waals surface area contributed by atoms with Gasteiger partial charge in [-0.3, -0.25) is 0 Å². The third-order valence-electron chi connectivity index (χ3n) is 3.77. The minimum Gasteiger partial charge on any atom is -0.240 e. The highest BCUT2D eigenvalue weighted by Gasteiger charge is 2.13. The van der Waals surface area contributed by atoms with E-state index in [1.54, 1.807) is 28.7 Å². The molecule has 4 rings (SSSR count). The average Bonchev–Trinajstić information content (AvgIpc) is 3.33. The molecule has 0 bridgehead atoms. The number of benzene rings is 1. The quantitative estimate of drug-likeness (QED) is 0.362. The number of thioether (sulfide) groups is 1. The lowest BCUT2D eigenvalue weighted by Crippen LogP contribution is -1.91. The minimum absolute atomic E-state index is 0.493. The molecule has 0 aliphatic rings. The Morgan fingerprint density at radius 3 is 2.63 bits per heavy atom. The van der Waals surface area contributed by atoms with E-state index in [0.29, 0.717) is 11.3 Å². The molecule has 3 aromatic heterocycles. The van der Waals surface area contributed by atoms with Gasteiger partial charge in [-0.25, -0.2) is 13.8 Å². The predicted molar refractivity (Wildman–Crippen MR) is 107 cm³/mol. The molecule has 0 radical (unpaired) electrons. The molecule has 0 atom stereocenters. The first-order valence-corrected chi connectivity index (χ1v) is 10.7. The lowest BCUT2D eigenvalue weighted by molar-refractivity contribution is 0.507. The second-order valence-corrected chi connectivity index (χ2v) is 8.65. The standard InChI is InChI=1S/C19H13F2N3S3/c1-11-18(27-19(22-11)16-3-2-8-25-16)15-6-7-17(24-23-15)26-10-12-4-5-13(20)14(21)9-12/h2-9H,10H2,1H3. The maximum atomic E-state index is 13.3. The summed E-state index contributed by atoms with van der Waals surface area (Å²) in [6.45, 7) is 1.97. The normalized spacial score (nSPS) is 11.1. The van der Waals surface area contributed by atoms with Gasteiger partial charge in [0.25, 0.3) is 0 Å². The first-order valence-electron chi connectivity index (χ1n) is 8.02. The first-order chi connectivity index (χ1) is 13.1. The smallest absolute Gasteiger partial charge is 0.159 e. The van der Waals surface area contributed by atoms with Crippen LogP contribution in [-0.2, 0) is 5.75 Å². The third kappa shape index (κ3) is 4.07. The number of thiophene rings is 1. The van der Waals surface area contributed by atoms with Crippen LogP contribution >= 0.6 is 34.4 Å². The van der Waals surface area contributed by atoms with Crippen molar-refractivity contribution >= 4 is 34.4 Å². The van der Waals surface area contributed by atoms with Crippen LogP contribution < -0.4 is 0 Å². The summed E-state index contributed by atoms with van der Waals surface area (Å²) in [7, 11) is 0. The number of aryl methyl sites for hydroxylation is 1. The molecule has 0 spiro atoms. The second kappa shape index (κ2) is 7.84. The fourth-order valence-electron chi connectivity index (χ4n) is 2.44. The van der Waals surface area contributed by atoms with Crippen LogP contribution in [0.4, 0.5) is 8.78 Å². The van der Waals surface area contributed by atoms with Crippen LogP contribution in [0.25, 0.3) is 20.5 Å². The van der Waals surface area contributed by atoms with Gasteiger partial charge in [0.15, 0.2) is 11.6 Å². The molecule has 0 N–H and O–H groups in total. The van der Waals surface area contributed by atoms with Crippen molar-refractivity contribution in [3.05, 3.63) is 70.7 Å². The highest BCUT2D eigenvalue weighted by atomic mass is 32.2. The van der Waals surface area contributed by atoms with Crippen molar-refractivity contribution in [3.8, 4) is 20.5 Å². The van der Waals surface area contributed by atoms with E-state index in [0.717, 1.165) is 37.2 Å². The monoisotopic (exact) mass is 417 g/mol. The molecular weight excluding hydrogens is 404 g/mol. The highest BCUT2D eigenvalue weighted by molar-refractivity contribution is 7.98. The van der Waals surface area contributed by atoms with Crippen molar-refractivity contribution < 1.29 is 8.78 Å². The Balaban J connectivity index is 1.48. The lowest BCUT2D eigenvalue weighted by atomic mass is 10.2. The molecule has 136 valence electrons. The Kier molecular flexibility index (Phi) is 5.29. The zero-order valence-electron chi connectivity index (χ0n) is 14.1. The Hall–Kier alpha value is -2.16. The summed E-state index contributed by atoms with van der Waals surface area (Å²) < 4.78 is 26.3. The van der Waals surface area contributed by atoms with Gasteiger partial charge in [0.2, 0.25) is 0 Å². The van der Waals surface area contributed by atoms with Gasteiger partial charge in [0.1, 0.15) is 15.7 Å². The molecule has 8 heteroatoms. The molecule has 3 nitrogen and oxygen atoms in total. The van der Waals surface area contributed by atoms with E-state index in [1.807, 2.05) is 30.5 Å². The summed E-state index contributed by atoms with van der Waals surface area (Å²) in [5, 5.41) is 12.3. The number of hydrogen-bond acceptors (Lipinski definition) is 6. The molecule has 0 fully saturated rings. The van der Waals surface area contributed by atoms with Crippen LogP contribution in [0.2, 0.25) is 0 Å². The molecule has 3 heterocycles. The maximum absolute atomic E-state index is 13.3. The molecule has 0 saturated carbocycles. The van der Waals surface area contributed by atoms with E-state index in [2.05, 4.69) is 21.2 Å². The molecule has 27 heavy (non-hydrogen) atoms. The van der Waals surface area contributed by atoms with Crippen molar-refractivity contribution in [3.63, 3.8) is 0 Å². The SMILES string of the molecule is Cc1nc(-c2cccs2)sc1-c1ccc(SCc2ccc(F)c(F)c2)nn1. The first kappa shape index (κ1) is 18.2. The van der Waals surface area contributed by atoms with Crippen molar-refractivity contribution in [2.45, 2.75) is 17.7 Å². The van der Waals surface area contributed by atoms with Gasteiger partial charge < -0.3 is 0 Å². The summed E-state index contributed by atoms with van der Waals surface area (Å²) in [5.41, 5.74) is 2.41. The van der Waals surface area contributed by atoms with Gasteiger partial charge in [-0.1, -0.05) is 23.9 Å². The summed E-state index contributed by atoms with van der Waals surface area (Å²) in [6, 6.07) is 11.8. The zero-order valence-corrected chi connectivity index (χ0v) is 16.6. The van der Waals surface area contributed by atoms with Crippen LogP contribution in [0, 0.1) is 18.6 Å². The van der Waals surface area contributed by atoms with Gasteiger partial charge >= 0.3 is 0 Å². The fraction of sp³-hybridized carbons (Fsp3) is 0.105. The molecule has 0 aliphatic carbocycles. The Morgan fingerprint density at radius 1 is 1.04 bits per heavy atom. The summed E-state index contributed by atoms with van der Waals surface area (Å²) in [6.07, 6.45) is 0. The van der Waals surface area contributed by atoms with Gasteiger partial charge in [0, 0.05) is 5.75 Å². The number of hydrogen-bond donors (Lipinski definition) is 0. The molecule has 0 aliphatic heterocycles. The summed E-state index contributed by atoms with van der Waals surface area (Å²) >= 11 is 4.69. The van der Waals surface area contributed by atoms with Gasteiger partial charge in [-0.15, -0.1) is 32.9 Å². The molecule has 0 unspecified atom stereocenters. The maximum Gasteiger partial charge on any atom is 0.159 e. The van der Waals surface area contributed by atoms with Crippen LogP contribution in [0.1, 0.15) is 11.3 Å². The number of rotatable bonds is 5. The Morgan fingerprint density at radius 2 is 1.93 bits per heavy atom. The lowest BCUT2D eigenvalue weighted by Gasteiger charge is -2.03. The van der Waals surface area contributed by atoms with Gasteiger partial charge in [-0.2, -0.15) is 0 Å². The van der Waals surface area contributed by atoms with Crippen molar-refractivity contribution in [2.24, 2.45) is 0 Å². The van der Waals surface area contributed by atoms with E-state index in [4.69, 9.17) is 0 Å².